The summed E-state index contributed by atoms with van der Waals surface area (Å²) < 4.78 is 27.5. The van der Waals surface area contributed by atoms with E-state index in [-0.39, 0.29) is 23.5 Å². The van der Waals surface area contributed by atoms with Crippen LogP contribution in [0.25, 0.3) is 10.8 Å². The second-order valence-electron chi connectivity index (χ2n) is 4.92. The number of nitrogens with one attached hydrogen (secondary N) is 1. The molecular formula is C14H18N2O3S. The molecule has 0 aliphatic carbocycles. The van der Waals surface area contributed by atoms with Crippen LogP contribution in [0.5, 0.6) is 0 Å². The van der Waals surface area contributed by atoms with Crippen LogP contribution in [0, 0.1) is 5.92 Å². The van der Waals surface area contributed by atoms with Crippen molar-refractivity contribution in [1.82, 2.24) is 9.71 Å². The smallest absolute Gasteiger partial charge is 0.241 e. The molecule has 1 aromatic heterocycles. The van der Waals surface area contributed by atoms with Gasteiger partial charge in [0.05, 0.1) is 4.90 Å². The zero-order valence-corrected chi connectivity index (χ0v) is 12.3. The van der Waals surface area contributed by atoms with Gasteiger partial charge in [-0.3, -0.25) is 4.98 Å². The van der Waals surface area contributed by atoms with Gasteiger partial charge in [0.15, 0.2) is 0 Å². The highest BCUT2D eigenvalue weighted by Gasteiger charge is 2.22. The molecule has 2 N–H and O–H groups in total. The largest absolute Gasteiger partial charge is 0.396 e. The summed E-state index contributed by atoms with van der Waals surface area (Å²) in [6.45, 7) is 3.47. The first-order valence-electron chi connectivity index (χ1n) is 6.41. The zero-order valence-electron chi connectivity index (χ0n) is 11.4. The van der Waals surface area contributed by atoms with Gasteiger partial charge in [0, 0.05) is 35.8 Å². The summed E-state index contributed by atoms with van der Waals surface area (Å²) in [7, 11) is -3.63. The second-order valence-corrected chi connectivity index (χ2v) is 6.61. The maximum atomic E-state index is 12.5. The van der Waals surface area contributed by atoms with Gasteiger partial charge in [-0.15, -0.1) is 0 Å². The van der Waals surface area contributed by atoms with Crippen LogP contribution >= 0.6 is 0 Å². The summed E-state index contributed by atoms with van der Waals surface area (Å²) in [5.41, 5.74) is 0. The quantitative estimate of drug-likeness (QED) is 0.876. The normalized spacial score (nSPS) is 15.2. The highest BCUT2D eigenvalue weighted by molar-refractivity contribution is 7.89. The van der Waals surface area contributed by atoms with Crippen LogP contribution in [0.4, 0.5) is 0 Å². The Hall–Kier alpha value is -1.50. The molecule has 0 bridgehead atoms. The van der Waals surface area contributed by atoms with Crippen LogP contribution in [-0.2, 0) is 10.0 Å². The predicted octanol–water partition coefficient (Wildman–Crippen LogP) is 1.53. The molecule has 108 valence electrons. The molecule has 2 atom stereocenters. The minimum Gasteiger partial charge on any atom is -0.396 e. The van der Waals surface area contributed by atoms with Crippen molar-refractivity contribution in [3.05, 3.63) is 36.7 Å². The van der Waals surface area contributed by atoms with E-state index in [1.54, 1.807) is 44.4 Å². The van der Waals surface area contributed by atoms with Crippen molar-refractivity contribution in [2.24, 2.45) is 5.92 Å². The number of rotatable bonds is 5. The molecule has 2 unspecified atom stereocenters. The van der Waals surface area contributed by atoms with Crippen molar-refractivity contribution in [3.8, 4) is 0 Å². The minimum atomic E-state index is -3.63. The molecule has 6 heteroatoms. The monoisotopic (exact) mass is 294 g/mol. The average molecular weight is 294 g/mol. The van der Waals surface area contributed by atoms with Gasteiger partial charge >= 0.3 is 0 Å². The number of hydrogen-bond donors (Lipinski definition) is 2. The van der Waals surface area contributed by atoms with E-state index in [0.717, 1.165) is 5.39 Å². The number of benzene rings is 1. The third-order valence-corrected chi connectivity index (χ3v) is 5.03. The van der Waals surface area contributed by atoms with E-state index in [1.807, 2.05) is 6.07 Å². The SMILES string of the molecule is CC(CO)C(C)NS(=O)(=O)c1cccc2cnccc12. The maximum absolute atomic E-state index is 12.5. The molecule has 1 heterocycles. The number of fused-ring (bicyclic) bond motifs is 1. The summed E-state index contributed by atoms with van der Waals surface area (Å²) in [6, 6.07) is 6.42. The maximum Gasteiger partial charge on any atom is 0.241 e. The summed E-state index contributed by atoms with van der Waals surface area (Å²) >= 11 is 0. The van der Waals surface area contributed by atoms with Crippen molar-refractivity contribution < 1.29 is 13.5 Å². The molecular weight excluding hydrogens is 276 g/mol. The van der Waals surface area contributed by atoms with E-state index in [1.165, 1.54) is 0 Å². The van der Waals surface area contributed by atoms with Crippen LogP contribution in [0.1, 0.15) is 13.8 Å². The van der Waals surface area contributed by atoms with Gasteiger partial charge < -0.3 is 5.11 Å². The highest BCUT2D eigenvalue weighted by atomic mass is 32.2. The lowest BCUT2D eigenvalue weighted by atomic mass is 10.1. The lowest BCUT2D eigenvalue weighted by Crippen LogP contribution is -2.38. The van der Waals surface area contributed by atoms with Crippen molar-refractivity contribution in [3.63, 3.8) is 0 Å². The van der Waals surface area contributed by atoms with E-state index in [4.69, 9.17) is 5.11 Å². The van der Waals surface area contributed by atoms with E-state index in [0.29, 0.717) is 5.39 Å². The number of aliphatic hydroxyl groups excluding tert-OH is 1. The van der Waals surface area contributed by atoms with E-state index >= 15 is 0 Å². The van der Waals surface area contributed by atoms with Gasteiger partial charge in [-0.05, 0) is 25.0 Å². The van der Waals surface area contributed by atoms with Crippen LogP contribution < -0.4 is 4.72 Å². The molecule has 0 saturated heterocycles. The molecule has 2 rings (SSSR count). The zero-order chi connectivity index (χ0) is 14.8. The van der Waals surface area contributed by atoms with Gasteiger partial charge in [-0.1, -0.05) is 19.1 Å². The number of nitrogens with zero attached hydrogens (tertiary/aromatic N) is 1. The summed E-state index contributed by atoms with van der Waals surface area (Å²) in [6.07, 6.45) is 3.20. The van der Waals surface area contributed by atoms with E-state index < -0.39 is 10.0 Å². The average Bonchev–Trinajstić information content (AvgIpc) is 2.45. The topological polar surface area (TPSA) is 79.3 Å². The molecule has 0 spiro atoms. The van der Waals surface area contributed by atoms with Crippen LogP contribution in [0.3, 0.4) is 0 Å². The second kappa shape index (κ2) is 5.87. The van der Waals surface area contributed by atoms with Crippen molar-refractivity contribution in [2.45, 2.75) is 24.8 Å². The molecule has 1 aromatic carbocycles. The fourth-order valence-corrected chi connectivity index (χ4v) is 3.49. The predicted molar refractivity (Wildman–Crippen MR) is 77.8 cm³/mol. The molecule has 20 heavy (non-hydrogen) atoms. The number of hydrogen-bond acceptors (Lipinski definition) is 4. The Labute approximate surface area is 118 Å². The first-order valence-corrected chi connectivity index (χ1v) is 7.90. The van der Waals surface area contributed by atoms with Gasteiger partial charge in [0.2, 0.25) is 10.0 Å². The number of aromatic nitrogens is 1. The highest BCUT2D eigenvalue weighted by Crippen LogP contribution is 2.22. The fourth-order valence-electron chi connectivity index (χ4n) is 1.91. The Morgan fingerprint density at radius 3 is 2.75 bits per heavy atom. The van der Waals surface area contributed by atoms with Crippen LogP contribution in [0.15, 0.2) is 41.6 Å². The fraction of sp³-hybridized carbons (Fsp3) is 0.357. The molecule has 0 aliphatic heterocycles. The van der Waals surface area contributed by atoms with Crippen molar-refractivity contribution in [1.29, 1.82) is 0 Å². The molecule has 0 fully saturated rings. The van der Waals surface area contributed by atoms with Gasteiger partial charge in [-0.2, -0.15) is 0 Å². The van der Waals surface area contributed by atoms with Crippen molar-refractivity contribution >= 4 is 20.8 Å². The summed E-state index contributed by atoms with van der Waals surface area (Å²) in [5.74, 6) is -0.151. The first-order chi connectivity index (χ1) is 9.45. The Morgan fingerprint density at radius 1 is 1.30 bits per heavy atom. The number of aliphatic hydroxyl groups is 1. The molecule has 0 saturated carbocycles. The molecule has 0 amide bonds. The van der Waals surface area contributed by atoms with Gasteiger partial charge in [0.1, 0.15) is 0 Å². The van der Waals surface area contributed by atoms with Crippen LogP contribution in [-0.4, -0.2) is 31.2 Å². The summed E-state index contributed by atoms with van der Waals surface area (Å²) in [4.78, 5) is 4.22. The van der Waals surface area contributed by atoms with Crippen molar-refractivity contribution in [2.75, 3.05) is 6.61 Å². The molecule has 5 nitrogen and oxygen atoms in total. The Morgan fingerprint density at radius 2 is 2.05 bits per heavy atom. The van der Waals surface area contributed by atoms with E-state index in [2.05, 4.69) is 9.71 Å². The lowest BCUT2D eigenvalue weighted by molar-refractivity contribution is 0.216. The lowest BCUT2D eigenvalue weighted by Gasteiger charge is -2.19. The first kappa shape index (κ1) is 14.9. The minimum absolute atomic E-state index is 0.0663. The Kier molecular flexibility index (Phi) is 4.37. The number of pyridine rings is 1. The number of sulfonamides is 1. The molecule has 0 radical (unpaired) electrons. The van der Waals surface area contributed by atoms with Crippen LogP contribution in [0.2, 0.25) is 0 Å². The molecule has 2 aromatic rings. The van der Waals surface area contributed by atoms with Gasteiger partial charge in [0.25, 0.3) is 0 Å². The van der Waals surface area contributed by atoms with E-state index in [9.17, 15) is 8.42 Å². The molecule has 0 aliphatic rings. The Balaban J connectivity index is 2.42. The third kappa shape index (κ3) is 2.98. The Bertz CT molecular complexity index is 695. The van der Waals surface area contributed by atoms with Gasteiger partial charge in [-0.25, -0.2) is 13.1 Å². The summed E-state index contributed by atoms with van der Waals surface area (Å²) in [5, 5.41) is 10.5. The third-order valence-electron chi connectivity index (χ3n) is 3.41. The standard InChI is InChI=1S/C14H18N2O3S/c1-10(9-17)11(2)16-20(18,19)14-5-3-4-12-8-15-7-6-13(12)14/h3-8,10-11,16-17H,9H2,1-2H3.